The number of carbonyl (C=O) groups excluding carboxylic acids is 2. The van der Waals surface area contributed by atoms with Crippen molar-refractivity contribution in [2.45, 2.75) is 32.7 Å². The summed E-state index contributed by atoms with van der Waals surface area (Å²) in [6, 6.07) is 11.4. The van der Waals surface area contributed by atoms with Gasteiger partial charge in [-0.15, -0.1) is 0 Å². The first-order valence-corrected chi connectivity index (χ1v) is 7.97. The normalized spacial score (nSPS) is 11.3. The molecule has 0 saturated heterocycles. The fraction of sp³-hybridized carbons (Fsp3) is 0.263. The molecular weight excluding hydrogens is 316 g/mol. The molecule has 1 aromatic heterocycles. The zero-order chi connectivity index (χ0) is 18.3. The van der Waals surface area contributed by atoms with Crippen LogP contribution in [0.25, 0.3) is 0 Å². The van der Waals surface area contributed by atoms with Gasteiger partial charge in [-0.3, -0.25) is 14.6 Å². The zero-order valence-corrected chi connectivity index (χ0v) is 14.6. The molecule has 6 nitrogen and oxygen atoms in total. The van der Waals surface area contributed by atoms with Crippen LogP contribution in [0.15, 0.2) is 53.9 Å². The van der Waals surface area contributed by atoms with Crippen molar-refractivity contribution in [3.8, 4) is 0 Å². The number of hydrogen-bond donors (Lipinski definition) is 2. The van der Waals surface area contributed by atoms with Crippen LogP contribution in [0.4, 0.5) is 0 Å². The third kappa shape index (κ3) is 5.84. The molecule has 25 heavy (non-hydrogen) atoms. The Balaban J connectivity index is 1.82. The SMILES string of the molecule is CC(C)(C)c1ccc(C=NNC(=O)C(=O)NCc2ccncc2)cc1. The number of benzene rings is 1. The van der Waals surface area contributed by atoms with Crippen molar-refractivity contribution in [2.75, 3.05) is 0 Å². The Morgan fingerprint density at radius 1 is 1.04 bits per heavy atom. The van der Waals surface area contributed by atoms with Crippen LogP contribution in [-0.2, 0) is 21.5 Å². The van der Waals surface area contributed by atoms with E-state index in [1.165, 1.54) is 11.8 Å². The van der Waals surface area contributed by atoms with E-state index in [1.54, 1.807) is 24.5 Å². The minimum absolute atomic E-state index is 0.0802. The highest BCUT2D eigenvalue weighted by atomic mass is 16.2. The summed E-state index contributed by atoms with van der Waals surface area (Å²) in [6.45, 7) is 6.68. The Labute approximate surface area is 147 Å². The highest BCUT2D eigenvalue weighted by Crippen LogP contribution is 2.21. The van der Waals surface area contributed by atoms with Gasteiger partial charge in [0.2, 0.25) is 0 Å². The summed E-state index contributed by atoms with van der Waals surface area (Å²) in [4.78, 5) is 27.3. The predicted molar refractivity (Wildman–Crippen MR) is 97.0 cm³/mol. The van der Waals surface area contributed by atoms with Crippen molar-refractivity contribution >= 4 is 18.0 Å². The van der Waals surface area contributed by atoms with E-state index in [0.717, 1.165) is 11.1 Å². The minimum atomic E-state index is -0.809. The maximum absolute atomic E-state index is 11.7. The molecule has 2 aromatic rings. The molecule has 0 atom stereocenters. The van der Waals surface area contributed by atoms with E-state index in [1.807, 2.05) is 24.3 Å². The van der Waals surface area contributed by atoms with Crippen molar-refractivity contribution < 1.29 is 9.59 Å². The van der Waals surface area contributed by atoms with Gasteiger partial charge in [0, 0.05) is 18.9 Å². The summed E-state index contributed by atoms with van der Waals surface area (Å²) in [5.41, 5.74) is 5.21. The predicted octanol–water partition coefficient (Wildman–Crippen LogP) is 2.15. The zero-order valence-electron chi connectivity index (χ0n) is 14.6. The lowest BCUT2D eigenvalue weighted by Gasteiger charge is -2.18. The standard InChI is InChI=1S/C19H22N4O2/c1-19(2,3)16-6-4-14(5-7-16)13-22-23-18(25)17(24)21-12-15-8-10-20-11-9-15/h4-11,13H,12H2,1-3H3,(H,21,24)(H,23,25). The van der Waals surface area contributed by atoms with E-state index < -0.39 is 11.8 Å². The molecule has 2 N–H and O–H groups in total. The van der Waals surface area contributed by atoms with Gasteiger partial charge in [-0.05, 0) is 34.2 Å². The molecule has 0 aliphatic rings. The van der Waals surface area contributed by atoms with E-state index in [0.29, 0.717) is 0 Å². The summed E-state index contributed by atoms with van der Waals surface area (Å²) < 4.78 is 0. The largest absolute Gasteiger partial charge is 0.344 e. The van der Waals surface area contributed by atoms with Gasteiger partial charge < -0.3 is 5.32 Å². The van der Waals surface area contributed by atoms with Crippen molar-refractivity contribution in [3.05, 3.63) is 65.5 Å². The topological polar surface area (TPSA) is 83.5 Å². The van der Waals surface area contributed by atoms with Gasteiger partial charge in [0.15, 0.2) is 0 Å². The van der Waals surface area contributed by atoms with Crippen LogP contribution in [0, 0.1) is 0 Å². The van der Waals surface area contributed by atoms with Crippen LogP contribution in [0.3, 0.4) is 0 Å². The Morgan fingerprint density at radius 3 is 2.28 bits per heavy atom. The van der Waals surface area contributed by atoms with Gasteiger partial charge in [-0.25, -0.2) is 5.43 Å². The number of amides is 2. The first-order chi connectivity index (χ1) is 11.9. The van der Waals surface area contributed by atoms with Gasteiger partial charge in [0.25, 0.3) is 0 Å². The van der Waals surface area contributed by atoms with Crippen LogP contribution in [0.5, 0.6) is 0 Å². The molecule has 0 aliphatic carbocycles. The molecule has 0 bridgehead atoms. The number of hydrogen-bond acceptors (Lipinski definition) is 4. The molecular formula is C19H22N4O2. The van der Waals surface area contributed by atoms with Crippen LogP contribution < -0.4 is 10.7 Å². The number of nitrogens with one attached hydrogen (secondary N) is 2. The quantitative estimate of drug-likeness (QED) is 0.509. The lowest BCUT2D eigenvalue weighted by atomic mass is 9.87. The van der Waals surface area contributed by atoms with Crippen LogP contribution in [0.1, 0.15) is 37.5 Å². The second-order valence-electron chi connectivity index (χ2n) is 6.61. The highest BCUT2D eigenvalue weighted by Gasteiger charge is 2.13. The smallest absolute Gasteiger partial charge is 0.329 e. The van der Waals surface area contributed by atoms with E-state index in [9.17, 15) is 9.59 Å². The molecule has 0 fully saturated rings. The van der Waals surface area contributed by atoms with Gasteiger partial charge in [0.05, 0.1) is 6.21 Å². The van der Waals surface area contributed by atoms with Crippen LogP contribution in [-0.4, -0.2) is 23.0 Å². The first kappa shape index (κ1) is 18.3. The van der Waals surface area contributed by atoms with Crippen LogP contribution in [0.2, 0.25) is 0 Å². The Hall–Kier alpha value is -3.02. The summed E-state index contributed by atoms with van der Waals surface area (Å²) >= 11 is 0. The van der Waals surface area contributed by atoms with Crippen molar-refractivity contribution in [1.82, 2.24) is 15.7 Å². The average Bonchev–Trinajstić information content (AvgIpc) is 2.60. The molecule has 0 saturated carbocycles. The molecule has 2 amide bonds. The second kappa shape index (κ2) is 8.19. The molecule has 1 heterocycles. The fourth-order valence-corrected chi connectivity index (χ4v) is 2.05. The van der Waals surface area contributed by atoms with E-state index >= 15 is 0 Å². The number of pyridine rings is 1. The molecule has 1 aromatic carbocycles. The van der Waals surface area contributed by atoms with Gasteiger partial charge in [0.1, 0.15) is 0 Å². The lowest BCUT2D eigenvalue weighted by Crippen LogP contribution is -2.37. The summed E-state index contributed by atoms with van der Waals surface area (Å²) in [5.74, 6) is -1.55. The molecule has 130 valence electrons. The van der Waals surface area contributed by atoms with Crippen molar-refractivity contribution in [3.63, 3.8) is 0 Å². The number of nitrogens with zero attached hydrogens (tertiary/aromatic N) is 2. The van der Waals surface area contributed by atoms with Crippen LogP contribution >= 0.6 is 0 Å². The Morgan fingerprint density at radius 2 is 1.68 bits per heavy atom. The van der Waals surface area contributed by atoms with E-state index in [-0.39, 0.29) is 12.0 Å². The Bertz CT molecular complexity index is 747. The van der Waals surface area contributed by atoms with Gasteiger partial charge in [-0.1, -0.05) is 45.0 Å². The summed E-state index contributed by atoms with van der Waals surface area (Å²) in [6.07, 6.45) is 4.74. The maximum atomic E-state index is 11.7. The molecule has 0 radical (unpaired) electrons. The Kier molecular flexibility index (Phi) is 6.00. The third-order valence-corrected chi connectivity index (χ3v) is 3.57. The summed E-state index contributed by atoms with van der Waals surface area (Å²) in [5, 5.41) is 6.33. The molecule has 2 rings (SSSR count). The monoisotopic (exact) mass is 338 g/mol. The first-order valence-electron chi connectivity index (χ1n) is 7.97. The van der Waals surface area contributed by atoms with Crippen molar-refractivity contribution in [2.24, 2.45) is 5.10 Å². The third-order valence-electron chi connectivity index (χ3n) is 3.57. The molecule has 0 unspecified atom stereocenters. The van der Waals surface area contributed by atoms with Gasteiger partial charge >= 0.3 is 11.8 Å². The summed E-state index contributed by atoms with van der Waals surface area (Å²) in [7, 11) is 0. The second-order valence-corrected chi connectivity index (χ2v) is 6.61. The number of hydrazone groups is 1. The van der Waals surface area contributed by atoms with E-state index in [4.69, 9.17) is 0 Å². The number of aromatic nitrogens is 1. The fourth-order valence-electron chi connectivity index (χ4n) is 2.05. The maximum Gasteiger partial charge on any atom is 0.329 e. The van der Waals surface area contributed by atoms with Crippen molar-refractivity contribution in [1.29, 1.82) is 0 Å². The molecule has 0 aliphatic heterocycles. The molecule has 0 spiro atoms. The van der Waals surface area contributed by atoms with Gasteiger partial charge in [-0.2, -0.15) is 5.10 Å². The lowest BCUT2D eigenvalue weighted by molar-refractivity contribution is -0.139. The highest BCUT2D eigenvalue weighted by molar-refractivity contribution is 6.35. The minimum Gasteiger partial charge on any atom is -0.344 e. The average molecular weight is 338 g/mol. The molecule has 6 heteroatoms. The number of rotatable bonds is 4. The van der Waals surface area contributed by atoms with E-state index in [2.05, 4.69) is 41.6 Å². The number of carbonyl (C=O) groups is 2.